The third-order valence-corrected chi connectivity index (χ3v) is 2.66. The van der Waals surface area contributed by atoms with Gasteiger partial charge in [-0.1, -0.05) is 12.1 Å². The van der Waals surface area contributed by atoms with Crippen LogP contribution in [0.2, 0.25) is 0 Å². The van der Waals surface area contributed by atoms with Crippen molar-refractivity contribution in [2.24, 2.45) is 5.73 Å². The van der Waals surface area contributed by atoms with Gasteiger partial charge in [-0.05, 0) is 32.9 Å². The average Bonchev–Trinajstić information content (AvgIpc) is 2.38. The number of nitrogens with two attached hydrogens (primary N) is 1. The van der Waals surface area contributed by atoms with Crippen molar-refractivity contribution in [3.63, 3.8) is 0 Å². The van der Waals surface area contributed by atoms with Crippen LogP contribution in [0.25, 0.3) is 0 Å². The third-order valence-electron chi connectivity index (χ3n) is 2.66. The monoisotopic (exact) mass is 300 g/mol. The lowest BCUT2D eigenvalue weighted by molar-refractivity contribution is -0.127. The highest BCUT2D eigenvalue weighted by atomic mass is 35.5. The van der Waals surface area contributed by atoms with Crippen LogP contribution in [0.4, 0.5) is 0 Å². The molecule has 1 unspecified atom stereocenters. The quantitative estimate of drug-likeness (QED) is 0.781. The molecular weight excluding hydrogens is 280 g/mol. The Labute approximate surface area is 125 Å². The van der Waals surface area contributed by atoms with Crippen molar-refractivity contribution in [3.05, 3.63) is 29.8 Å². The zero-order valence-corrected chi connectivity index (χ0v) is 12.7. The fraction of sp³-hybridized carbons (Fsp3) is 0.429. The molecule has 0 heterocycles. The number of ether oxygens (including phenoxy) is 1. The number of hydrogen-bond donors (Lipinski definition) is 2. The van der Waals surface area contributed by atoms with Crippen molar-refractivity contribution in [1.82, 2.24) is 5.32 Å². The molecule has 0 aliphatic rings. The number of hydrogen-bond acceptors (Lipinski definition) is 4. The summed E-state index contributed by atoms with van der Waals surface area (Å²) in [6.45, 7) is 5.33. The van der Waals surface area contributed by atoms with Gasteiger partial charge < -0.3 is 15.8 Å². The first-order chi connectivity index (χ1) is 8.93. The number of nitrogens with one attached hydrogen (secondary N) is 1. The first kappa shape index (κ1) is 18.4. The molecule has 6 heteroatoms. The second-order valence-electron chi connectivity index (χ2n) is 4.49. The Balaban J connectivity index is 0.00000361. The number of amides is 1. The number of carbonyl (C=O) groups is 2. The zero-order chi connectivity index (χ0) is 14.4. The van der Waals surface area contributed by atoms with E-state index in [1.54, 1.807) is 31.2 Å². The van der Waals surface area contributed by atoms with E-state index in [9.17, 15) is 9.59 Å². The largest absolute Gasteiger partial charge is 0.481 e. The summed E-state index contributed by atoms with van der Waals surface area (Å²) in [4.78, 5) is 23.0. The maximum atomic E-state index is 11.8. The number of rotatable bonds is 6. The smallest absolute Gasteiger partial charge is 0.261 e. The first-order valence-electron chi connectivity index (χ1n) is 6.22. The minimum absolute atomic E-state index is 0. The molecule has 1 aromatic carbocycles. The van der Waals surface area contributed by atoms with Crippen molar-refractivity contribution in [2.75, 3.05) is 6.54 Å². The summed E-state index contributed by atoms with van der Waals surface area (Å²) in [5, 5.41) is 2.73. The molecule has 1 amide bonds. The molecule has 20 heavy (non-hydrogen) atoms. The molecule has 0 saturated carbocycles. The Kier molecular flexibility index (Phi) is 7.87. The van der Waals surface area contributed by atoms with Gasteiger partial charge in [-0.2, -0.15) is 0 Å². The molecule has 0 aromatic heterocycles. The van der Waals surface area contributed by atoms with E-state index in [1.807, 2.05) is 6.92 Å². The molecular formula is C14H21ClN2O3. The number of carbonyl (C=O) groups excluding carboxylic acids is 2. The van der Waals surface area contributed by atoms with E-state index in [1.165, 1.54) is 6.92 Å². The minimum Gasteiger partial charge on any atom is -0.481 e. The number of ketones is 1. The maximum absolute atomic E-state index is 11.8. The van der Waals surface area contributed by atoms with Gasteiger partial charge in [0.2, 0.25) is 0 Å². The molecule has 0 saturated heterocycles. The zero-order valence-electron chi connectivity index (χ0n) is 11.9. The molecule has 5 nitrogen and oxygen atoms in total. The number of halogens is 1. The molecule has 0 aliphatic heterocycles. The fourth-order valence-corrected chi connectivity index (χ4v) is 1.47. The predicted octanol–water partition coefficient (Wildman–Crippen LogP) is 1.54. The molecule has 0 spiro atoms. The van der Waals surface area contributed by atoms with Gasteiger partial charge in [0.05, 0.1) is 0 Å². The lowest BCUT2D eigenvalue weighted by Crippen LogP contribution is -2.44. The predicted molar refractivity (Wildman–Crippen MR) is 80.4 cm³/mol. The van der Waals surface area contributed by atoms with Gasteiger partial charge in [-0.25, -0.2) is 0 Å². The van der Waals surface area contributed by atoms with E-state index in [-0.39, 0.29) is 30.1 Å². The van der Waals surface area contributed by atoms with Crippen molar-refractivity contribution in [3.8, 4) is 5.75 Å². The summed E-state index contributed by atoms with van der Waals surface area (Å²) in [6, 6.07) is 6.67. The van der Waals surface area contributed by atoms with Crippen LogP contribution >= 0.6 is 12.4 Å². The Bertz CT molecular complexity index is 465. The highest BCUT2D eigenvalue weighted by molar-refractivity contribution is 5.94. The summed E-state index contributed by atoms with van der Waals surface area (Å²) in [7, 11) is 0. The summed E-state index contributed by atoms with van der Waals surface area (Å²) in [5.74, 6) is 0.223. The molecule has 2 atom stereocenters. The van der Waals surface area contributed by atoms with E-state index in [0.29, 0.717) is 17.9 Å². The van der Waals surface area contributed by atoms with E-state index in [0.717, 1.165) is 0 Å². The summed E-state index contributed by atoms with van der Waals surface area (Å²) in [6.07, 6.45) is -0.642. The average molecular weight is 301 g/mol. The highest BCUT2D eigenvalue weighted by Gasteiger charge is 2.16. The van der Waals surface area contributed by atoms with Crippen molar-refractivity contribution in [1.29, 1.82) is 0 Å². The van der Waals surface area contributed by atoms with E-state index in [2.05, 4.69) is 5.32 Å². The SMILES string of the molecule is CC(=O)c1cccc(OC(C)C(=O)N[C@@H](C)CN)c1.Cl. The minimum atomic E-state index is -0.642. The Morgan fingerprint density at radius 2 is 2.00 bits per heavy atom. The van der Waals surface area contributed by atoms with Gasteiger partial charge in [0.25, 0.3) is 5.91 Å². The van der Waals surface area contributed by atoms with Gasteiger partial charge in [0.15, 0.2) is 11.9 Å². The van der Waals surface area contributed by atoms with Gasteiger partial charge in [0, 0.05) is 18.2 Å². The highest BCUT2D eigenvalue weighted by Crippen LogP contribution is 2.15. The van der Waals surface area contributed by atoms with Crippen LogP contribution in [0.1, 0.15) is 31.1 Å². The fourth-order valence-electron chi connectivity index (χ4n) is 1.47. The molecule has 0 radical (unpaired) electrons. The van der Waals surface area contributed by atoms with Crippen LogP contribution in [0.15, 0.2) is 24.3 Å². The van der Waals surface area contributed by atoms with Gasteiger partial charge >= 0.3 is 0 Å². The molecule has 112 valence electrons. The third kappa shape index (κ3) is 5.59. The molecule has 3 N–H and O–H groups in total. The summed E-state index contributed by atoms with van der Waals surface area (Å²) in [5.41, 5.74) is 5.99. The second kappa shape index (κ2) is 8.55. The Morgan fingerprint density at radius 1 is 1.35 bits per heavy atom. The number of benzene rings is 1. The summed E-state index contributed by atoms with van der Waals surface area (Å²) < 4.78 is 5.51. The van der Waals surface area contributed by atoms with Crippen molar-refractivity contribution >= 4 is 24.1 Å². The summed E-state index contributed by atoms with van der Waals surface area (Å²) >= 11 is 0. The topological polar surface area (TPSA) is 81.4 Å². The standard InChI is InChI=1S/C14H20N2O3.ClH/c1-9(8-15)16-14(18)11(3)19-13-6-4-5-12(7-13)10(2)17;/h4-7,9,11H,8,15H2,1-3H3,(H,16,18);1H/t9-,11?;/m0./s1. The van der Waals surface area contributed by atoms with Gasteiger partial charge in [-0.3, -0.25) is 9.59 Å². The molecule has 0 aliphatic carbocycles. The molecule has 1 rings (SSSR count). The van der Waals surface area contributed by atoms with Crippen LogP contribution in [-0.2, 0) is 4.79 Å². The molecule has 0 fully saturated rings. The second-order valence-corrected chi connectivity index (χ2v) is 4.49. The van der Waals surface area contributed by atoms with Crippen LogP contribution < -0.4 is 15.8 Å². The van der Waals surface area contributed by atoms with Crippen molar-refractivity contribution < 1.29 is 14.3 Å². The van der Waals surface area contributed by atoms with Crippen LogP contribution in [0.5, 0.6) is 5.75 Å². The number of Topliss-reactive ketones (excluding diaryl/α,β-unsaturated/α-hetero) is 1. The van der Waals surface area contributed by atoms with E-state index < -0.39 is 6.10 Å². The lowest BCUT2D eigenvalue weighted by atomic mass is 10.1. The van der Waals surface area contributed by atoms with Crippen molar-refractivity contribution in [2.45, 2.75) is 32.9 Å². The first-order valence-corrected chi connectivity index (χ1v) is 6.22. The Hall–Kier alpha value is -1.59. The van der Waals surface area contributed by atoms with Crippen LogP contribution in [-0.4, -0.2) is 30.4 Å². The lowest BCUT2D eigenvalue weighted by Gasteiger charge is -2.17. The molecule has 1 aromatic rings. The van der Waals surface area contributed by atoms with Crippen LogP contribution in [0.3, 0.4) is 0 Å². The van der Waals surface area contributed by atoms with Gasteiger partial charge in [0.1, 0.15) is 5.75 Å². The Morgan fingerprint density at radius 3 is 2.55 bits per heavy atom. The van der Waals surface area contributed by atoms with Crippen LogP contribution in [0, 0.1) is 0 Å². The maximum Gasteiger partial charge on any atom is 0.261 e. The van der Waals surface area contributed by atoms with Gasteiger partial charge in [-0.15, -0.1) is 12.4 Å². The van der Waals surface area contributed by atoms with E-state index in [4.69, 9.17) is 10.5 Å². The normalized spacial score (nSPS) is 12.8. The molecule has 0 bridgehead atoms. The van der Waals surface area contributed by atoms with E-state index >= 15 is 0 Å².